The standard InChI is InChI=1S/C6H3Cl2N3/c7-5-1-3-4(10-5)2-9-6(8)11-3/h1-2H,(H,9,11). The summed E-state index contributed by atoms with van der Waals surface area (Å²) in [5.74, 6) is 0. The van der Waals surface area contributed by atoms with Crippen LogP contribution in [0.25, 0.3) is 11.4 Å². The molecule has 0 amide bonds. The fourth-order valence-corrected chi connectivity index (χ4v) is 1.21. The number of halogens is 2. The Morgan fingerprint density at radius 2 is 2.18 bits per heavy atom. The Bertz CT molecular complexity index is 357. The normalized spacial score (nSPS) is 10.7. The van der Waals surface area contributed by atoms with Crippen LogP contribution < -0.4 is 0 Å². The predicted octanol–water partition coefficient (Wildman–Crippen LogP) is 2.22. The molecule has 0 unspecified atom stereocenters. The number of aromatic nitrogens is 3. The van der Waals surface area contributed by atoms with Crippen LogP contribution in [0.2, 0.25) is 10.4 Å². The Labute approximate surface area is 72.7 Å². The molecule has 5 heteroatoms. The van der Waals surface area contributed by atoms with Crippen molar-refractivity contribution >= 4 is 23.2 Å². The number of hydrogen-bond acceptors (Lipinski definition) is 2. The van der Waals surface area contributed by atoms with Gasteiger partial charge in [-0.1, -0.05) is 11.6 Å². The lowest BCUT2D eigenvalue weighted by molar-refractivity contribution is 1.15. The maximum Gasteiger partial charge on any atom is 0.200 e. The Kier molecular flexibility index (Phi) is 1.47. The van der Waals surface area contributed by atoms with Gasteiger partial charge in [0.15, 0.2) is 5.28 Å². The second kappa shape index (κ2) is 2.36. The van der Waals surface area contributed by atoms with Gasteiger partial charge >= 0.3 is 0 Å². The van der Waals surface area contributed by atoms with Crippen molar-refractivity contribution < 1.29 is 0 Å². The summed E-state index contributed by atoms with van der Waals surface area (Å²) in [5.41, 5.74) is 1.52. The molecule has 0 bridgehead atoms. The van der Waals surface area contributed by atoms with Gasteiger partial charge in [-0.15, -0.1) is 0 Å². The molecule has 3 nitrogen and oxygen atoms in total. The van der Waals surface area contributed by atoms with E-state index >= 15 is 0 Å². The van der Waals surface area contributed by atoms with E-state index < -0.39 is 0 Å². The summed E-state index contributed by atoms with van der Waals surface area (Å²) in [6, 6.07) is 1.70. The Hall–Kier alpha value is -0.800. The quantitative estimate of drug-likeness (QED) is 0.644. The Morgan fingerprint density at radius 3 is 3.00 bits per heavy atom. The number of fused-ring (bicyclic) bond motifs is 1. The molecule has 0 saturated carbocycles. The van der Waals surface area contributed by atoms with Crippen LogP contribution in [0.1, 0.15) is 0 Å². The minimum Gasteiger partial charge on any atom is -0.328 e. The van der Waals surface area contributed by atoms with Gasteiger partial charge in [-0.05, 0) is 11.6 Å². The van der Waals surface area contributed by atoms with Gasteiger partial charge in [0, 0.05) is 6.07 Å². The van der Waals surface area contributed by atoms with Gasteiger partial charge in [-0.2, -0.15) is 0 Å². The lowest BCUT2D eigenvalue weighted by atomic mass is 10.3. The molecular formula is C6H3Cl2N3. The fraction of sp³-hybridized carbons (Fsp3) is 0. The summed E-state index contributed by atoms with van der Waals surface area (Å²) in [6.07, 6.45) is 1.57. The van der Waals surface area contributed by atoms with Crippen LogP contribution in [0.5, 0.6) is 0 Å². The molecular weight excluding hydrogens is 185 g/mol. The molecule has 1 N–H and O–H groups in total. The number of H-pyrrole nitrogens is 1. The summed E-state index contributed by atoms with van der Waals surface area (Å²) >= 11 is 11.2. The average molecular weight is 188 g/mol. The van der Waals surface area contributed by atoms with Crippen LogP contribution in [0, 0.1) is 0 Å². The zero-order valence-electron chi connectivity index (χ0n) is 5.31. The van der Waals surface area contributed by atoms with E-state index in [2.05, 4.69) is 15.0 Å². The van der Waals surface area contributed by atoms with Crippen molar-refractivity contribution in [2.75, 3.05) is 0 Å². The van der Waals surface area contributed by atoms with Crippen LogP contribution in [-0.4, -0.2) is 15.0 Å². The van der Waals surface area contributed by atoms with Crippen molar-refractivity contribution in [3.8, 4) is 11.4 Å². The van der Waals surface area contributed by atoms with Crippen molar-refractivity contribution in [2.24, 2.45) is 0 Å². The summed E-state index contributed by atoms with van der Waals surface area (Å²) in [4.78, 5) is 10.6. The van der Waals surface area contributed by atoms with E-state index in [1.807, 2.05) is 0 Å². The van der Waals surface area contributed by atoms with Crippen LogP contribution >= 0.6 is 23.2 Å². The largest absolute Gasteiger partial charge is 0.328 e. The smallest absolute Gasteiger partial charge is 0.200 e. The number of rotatable bonds is 0. The molecule has 0 aromatic carbocycles. The molecule has 56 valence electrons. The molecule has 11 heavy (non-hydrogen) atoms. The van der Waals surface area contributed by atoms with Gasteiger partial charge < -0.3 is 4.98 Å². The van der Waals surface area contributed by atoms with Gasteiger partial charge in [-0.3, -0.25) is 0 Å². The number of hydrogen-bond donors (Lipinski definition) is 1. The van der Waals surface area contributed by atoms with Crippen LogP contribution in [0.3, 0.4) is 0 Å². The first kappa shape index (κ1) is 6.88. The lowest BCUT2D eigenvalue weighted by Crippen LogP contribution is -1.85. The molecule has 0 saturated heterocycles. The van der Waals surface area contributed by atoms with Gasteiger partial charge in [0.05, 0.1) is 11.9 Å². The first-order chi connectivity index (χ1) is 5.25. The lowest BCUT2D eigenvalue weighted by Gasteiger charge is -1.94. The second-order valence-electron chi connectivity index (χ2n) is 2.05. The highest BCUT2D eigenvalue weighted by Crippen LogP contribution is 2.22. The van der Waals surface area contributed by atoms with Crippen LogP contribution in [-0.2, 0) is 0 Å². The molecule has 0 aromatic rings. The zero-order valence-corrected chi connectivity index (χ0v) is 6.82. The van der Waals surface area contributed by atoms with E-state index in [1.54, 1.807) is 12.3 Å². The number of nitrogens with zero attached hydrogens (tertiary/aromatic N) is 2. The molecule has 0 spiro atoms. The molecule has 0 aromatic heterocycles. The molecule has 0 fully saturated rings. The van der Waals surface area contributed by atoms with E-state index in [1.165, 1.54) is 0 Å². The molecule has 0 aliphatic carbocycles. The highest BCUT2D eigenvalue weighted by atomic mass is 35.5. The van der Waals surface area contributed by atoms with Gasteiger partial charge in [0.2, 0.25) is 0 Å². The third-order valence-electron chi connectivity index (χ3n) is 1.30. The molecule has 2 aliphatic rings. The SMILES string of the molecule is Clc1cc2[nH]c(Cl)ncc-2n1. The van der Waals surface area contributed by atoms with E-state index in [0.29, 0.717) is 10.4 Å². The summed E-state index contributed by atoms with van der Waals surface area (Å²) in [5, 5.41) is 0.780. The van der Waals surface area contributed by atoms with E-state index in [4.69, 9.17) is 23.2 Å². The Balaban J connectivity index is 2.73. The predicted molar refractivity (Wildman–Crippen MR) is 43.0 cm³/mol. The highest BCUT2D eigenvalue weighted by molar-refractivity contribution is 6.30. The number of aromatic amines is 1. The minimum absolute atomic E-state index is 0.335. The number of nitrogens with one attached hydrogen (secondary N) is 1. The van der Waals surface area contributed by atoms with Crippen molar-refractivity contribution in [3.63, 3.8) is 0 Å². The molecule has 2 aliphatic heterocycles. The molecule has 2 rings (SSSR count). The maximum absolute atomic E-state index is 5.63. The molecule has 0 atom stereocenters. The van der Waals surface area contributed by atoms with Gasteiger partial charge in [0.25, 0.3) is 0 Å². The van der Waals surface area contributed by atoms with Crippen molar-refractivity contribution in [3.05, 3.63) is 22.7 Å². The summed E-state index contributed by atoms with van der Waals surface area (Å²) in [6.45, 7) is 0. The minimum atomic E-state index is 0.335. The average Bonchev–Trinajstić information content (AvgIpc) is 2.27. The van der Waals surface area contributed by atoms with Crippen molar-refractivity contribution in [1.82, 2.24) is 15.0 Å². The van der Waals surface area contributed by atoms with Crippen LogP contribution in [0.15, 0.2) is 12.3 Å². The molecule has 0 radical (unpaired) electrons. The van der Waals surface area contributed by atoms with Crippen molar-refractivity contribution in [1.29, 1.82) is 0 Å². The fourth-order valence-electron chi connectivity index (χ4n) is 0.860. The van der Waals surface area contributed by atoms with E-state index in [9.17, 15) is 0 Å². The topological polar surface area (TPSA) is 41.6 Å². The zero-order chi connectivity index (χ0) is 7.84. The third kappa shape index (κ3) is 1.17. The summed E-state index contributed by atoms with van der Waals surface area (Å²) in [7, 11) is 0. The van der Waals surface area contributed by atoms with E-state index in [-0.39, 0.29) is 0 Å². The van der Waals surface area contributed by atoms with E-state index in [0.717, 1.165) is 11.4 Å². The third-order valence-corrected chi connectivity index (χ3v) is 1.69. The second-order valence-corrected chi connectivity index (χ2v) is 2.80. The summed E-state index contributed by atoms with van der Waals surface area (Å²) < 4.78 is 0. The first-order valence-corrected chi connectivity index (χ1v) is 3.68. The molecule has 2 heterocycles. The van der Waals surface area contributed by atoms with Gasteiger partial charge in [-0.25, -0.2) is 9.97 Å². The van der Waals surface area contributed by atoms with Gasteiger partial charge in [0.1, 0.15) is 10.8 Å². The van der Waals surface area contributed by atoms with Crippen molar-refractivity contribution in [2.45, 2.75) is 0 Å². The highest BCUT2D eigenvalue weighted by Gasteiger charge is 2.07. The monoisotopic (exact) mass is 187 g/mol. The van der Waals surface area contributed by atoms with Crippen LogP contribution in [0.4, 0.5) is 0 Å². The maximum atomic E-state index is 5.63. The Morgan fingerprint density at radius 1 is 1.36 bits per heavy atom. The first-order valence-electron chi connectivity index (χ1n) is 2.92.